The zero-order valence-electron chi connectivity index (χ0n) is 14.1. The normalized spacial score (nSPS) is 11.8. The van der Waals surface area contributed by atoms with Gasteiger partial charge in [0.1, 0.15) is 5.82 Å². The molecule has 3 aromatic rings. The van der Waals surface area contributed by atoms with Crippen molar-refractivity contribution < 1.29 is 18.7 Å². The number of carbonyl (C=O) groups is 2. The third-order valence-corrected chi connectivity index (χ3v) is 3.88. The van der Waals surface area contributed by atoms with Gasteiger partial charge in [0, 0.05) is 18.0 Å². The molecule has 5 nitrogen and oxygen atoms in total. The van der Waals surface area contributed by atoms with E-state index in [1.807, 2.05) is 24.4 Å². The summed E-state index contributed by atoms with van der Waals surface area (Å²) in [6.45, 7) is 2.09. The van der Waals surface area contributed by atoms with Gasteiger partial charge in [0.2, 0.25) is 5.78 Å². The molecule has 0 aliphatic heterocycles. The second-order valence-electron chi connectivity index (χ2n) is 5.82. The minimum Gasteiger partial charge on any atom is -0.451 e. The van der Waals surface area contributed by atoms with Crippen LogP contribution < -0.4 is 0 Å². The van der Waals surface area contributed by atoms with Gasteiger partial charge in [-0.3, -0.25) is 9.48 Å². The van der Waals surface area contributed by atoms with Crippen molar-refractivity contribution in [2.24, 2.45) is 0 Å². The van der Waals surface area contributed by atoms with Crippen molar-refractivity contribution in [3.63, 3.8) is 0 Å². The van der Waals surface area contributed by atoms with Crippen LogP contribution >= 0.6 is 0 Å². The van der Waals surface area contributed by atoms with E-state index in [9.17, 15) is 14.0 Å². The quantitative estimate of drug-likeness (QED) is 0.503. The van der Waals surface area contributed by atoms with Gasteiger partial charge >= 0.3 is 5.97 Å². The molecule has 1 heterocycles. The average Bonchev–Trinajstić information content (AvgIpc) is 3.15. The minimum atomic E-state index is -0.961. The van der Waals surface area contributed by atoms with E-state index in [0.29, 0.717) is 17.7 Å². The van der Waals surface area contributed by atoms with Crippen LogP contribution in [-0.4, -0.2) is 27.6 Å². The maximum atomic E-state index is 12.9. The Labute approximate surface area is 150 Å². The zero-order valence-corrected chi connectivity index (χ0v) is 14.1. The number of carbonyl (C=O) groups excluding carboxylic acids is 2. The smallest absolute Gasteiger partial charge is 0.338 e. The summed E-state index contributed by atoms with van der Waals surface area (Å²) in [7, 11) is 0. The van der Waals surface area contributed by atoms with Crippen molar-refractivity contribution in [2.45, 2.75) is 19.6 Å². The van der Waals surface area contributed by atoms with E-state index in [1.54, 1.807) is 23.0 Å². The Kier molecular flexibility index (Phi) is 5.22. The Balaban J connectivity index is 1.61. The predicted molar refractivity (Wildman–Crippen MR) is 93.4 cm³/mol. The van der Waals surface area contributed by atoms with Crippen molar-refractivity contribution in [1.82, 2.24) is 9.78 Å². The summed E-state index contributed by atoms with van der Waals surface area (Å²) in [4.78, 5) is 24.5. The maximum Gasteiger partial charge on any atom is 0.338 e. The summed E-state index contributed by atoms with van der Waals surface area (Å²) in [5, 5.41) is 4.13. The molecule has 0 saturated carbocycles. The maximum absolute atomic E-state index is 12.9. The van der Waals surface area contributed by atoms with Crippen LogP contribution in [0.2, 0.25) is 0 Å². The summed E-state index contributed by atoms with van der Waals surface area (Å²) in [6.07, 6.45) is 2.59. The fraction of sp³-hybridized carbons (Fsp3) is 0.150. The highest BCUT2D eigenvalue weighted by Gasteiger charge is 2.20. The molecule has 132 valence electrons. The standard InChI is InChI=1S/C20H17FN2O3/c1-14(19(24)16-7-9-18(21)10-8-16)26-20(25)17-5-3-15(4-6-17)13-23-12-2-11-22-23/h2-12,14H,13H2,1H3/t14-/m1/s1. The molecule has 0 amide bonds. The Morgan fingerprint density at radius 1 is 1.08 bits per heavy atom. The molecule has 0 aliphatic carbocycles. The molecule has 0 radical (unpaired) electrons. The number of ketones is 1. The molecule has 0 fully saturated rings. The highest BCUT2D eigenvalue weighted by atomic mass is 19.1. The number of Topliss-reactive ketones (excluding diaryl/α,β-unsaturated/α-hetero) is 1. The largest absolute Gasteiger partial charge is 0.451 e. The highest BCUT2D eigenvalue weighted by Crippen LogP contribution is 2.12. The Morgan fingerprint density at radius 3 is 2.35 bits per heavy atom. The number of hydrogen-bond donors (Lipinski definition) is 0. The molecule has 0 aliphatic rings. The average molecular weight is 352 g/mol. The third-order valence-electron chi connectivity index (χ3n) is 3.88. The molecule has 0 spiro atoms. The summed E-state index contributed by atoms with van der Waals surface area (Å²) in [6, 6.07) is 13.9. The summed E-state index contributed by atoms with van der Waals surface area (Å²) in [5.74, 6) is -1.39. The van der Waals surface area contributed by atoms with Crippen LogP contribution in [-0.2, 0) is 11.3 Å². The van der Waals surface area contributed by atoms with Gasteiger partial charge < -0.3 is 4.74 Å². The summed E-state index contributed by atoms with van der Waals surface area (Å²) >= 11 is 0. The number of hydrogen-bond acceptors (Lipinski definition) is 4. The molecule has 0 unspecified atom stereocenters. The number of rotatable bonds is 6. The first-order chi connectivity index (χ1) is 12.5. The van der Waals surface area contributed by atoms with E-state index < -0.39 is 17.9 Å². The molecule has 2 aromatic carbocycles. The number of ether oxygens (including phenoxy) is 1. The molecule has 26 heavy (non-hydrogen) atoms. The van der Waals surface area contributed by atoms with E-state index in [0.717, 1.165) is 5.56 Å². The van der Waals surface area contributed by atoms with Gasteiger partial charge in [-0.1, -0.05) is 12.1 Å². The minimum absolute atomic E-state index is 0.293. The highest BCUT2D eigenvalue weighted by molar-refractivity contribution is 6.01. The lowest BCUT2D eigenvalue weighted by Gasteiger charge is -2.12. The van der Waals surface area contributed by atoms with Gasteiger partial charge in [0.15, 0.2) is 6.10 Å². The van der Waals surface area contributed by atoms with Crippen molar-refractivity contribution in [3.8, 4) is 0 Å². The van der Waals surface area contributed by atoms with Crippen LogP contribution in [0.5, 0.6) is 0 Å². The molecule has 0 N–H and O–H groups in total. The SMILES string of the molecule is C[C@@H](OC(=O)c1ccc(Cn2cccn2)cc1)C(=O)c1ccc(F)cc1. The lowest BCUT2D eigenvalue weighted by Crippen LogP contribution is -2.24. The molecule has 1 aromatic heterocycles. The van der Waals surface area contributed by atoms with Crippen LogP contribution in [0.15, 0.2) is 67.0 Å². The number of halogens is 1. The zero-order chi connectivity index (χ0) is 18.5. The van der Waals surface area contributed by atoms with Crippen molar-refractivity contribution >= 4 is 11.8 Å². The number of benzene rings is 2. The first-order valence-electron chi connectivity index (χ1n) is 8.10. The predicted octanol–water partition coefficient (Wildman–Crippen LogP) is 3.50. The second kappa shape index (κ2) is 7.74. The molecule has 6 heteroatoms. The molecular weight excluding hydrogens is 335 g/mol. The number of nitrogens with zero attached hydrogens (tertiary/aromatic N) is 2. The molecule has 3 rings (SSSR count). The second-order valence-corrected chi connectivity index (χ2v) is 5.82. The van der Waals surface area contributed by atoms with Crippen molar-refractivity contribution in [1.29, 1.82) is 0 Å². The van der Waals surface area contributed by atoms with Gasteiger partial charge in [0.25, 0.3) is 0 Å². The third kappa shape index (κ3) is 4.22. The van der Waals surface area contributed by atoms with Crippen LogP contribution in [0.4, 0.5) is 4.39 Å². The Hall–Kier alpha value is -3.28. The van der Waals surface area contributed by atoms with Gasteiger partial charge in [-0.25, -0.2) is 9.18 Å². The van der Waals surface area contributed by atoms with E-state index in [1.165, 1.54) is 31.2 Å². The fourth-order valence-electron chi connectivity index (χ4n) is 2.46. The Morgan fingerprint density at radius 2 is 1.73 bits per heavy atom. The molecular formula is C20H17FN2O3. The monoisotopic (exact) mass is 352 g/mol. The van der Waals surface area contributed by atoms with Crippen LogP contribution in [0.25, 0.3) is 0 Å². The van der Waals surface area contributed by atoms with Gasteiger partial charge in [-0.05, 0) is 55.0 Å². The topological polar surface area (TPSA) is 61.2 Å². The van der Waals surface area contributed by atoms with Crippen molar-refractivity contribution in [2.75, 3.05) is 0 Å². The molecule has 0 saturated heterocycles. The summed E-state index contributed by atoms with van der Waals surface area (Å²) < 4.78 is 19.9. The molecule has 1 atom stereocenters. The van der Waals surface area contributed by atoms with E-state index in [-0.39, 0.29) is 5.78 Å². The van der Waals surface area contributed by atoms with E-state index >= 15 is 0 Å². The molecule has 0 bridgehead atoms. The summed E-state index contributed by atoms with van der Waals surface area (Å²) in [5.41, 5.74) is 1.63. The van der Waals surface area contributed by atoms with Gasteiger partial charge in [-0.15, -0.1) is 0 Å². The first kappa shape index (κ1) is 17.5. The number of esters is 1. The lowest BCUT2D eigenvalue weighted by molar-refractivity contribution is 0.0319. The van der Waals surface area contributed by atoms with Crippen LogP contribution in [0.3, 0.4) is 0 Å². The fourth-order valence-corrected chi connectivity index (χ4v) is 2.46. The van der Waals surface area contributed by atoms with E-state index in [4.69, 9.17) is 4.74 Å². The lowest BCUT2D eigenvalue weighted by atomic mass is 10.1. The van der Waals surface area contributed by atoms with E-state index in [2.05, 4.69) is 5.10 Å². The van der Waals surface area contributed by atoms with Crippen LogP contribution in [0, 0.1) is 5.82 Å². The number of aromatic nitrogens is 2. The van der Waals surface area contributed by atoms with Gasteiger partial charge in [0.05, 0.1) is 12.1 Å². The van der Waals surface area contributed by atoms with Crippen LogP contribution in [0.1, 0.15) is 33.2 Å². The van der Waals surface area contributed by atoms with Gasteiger partial charge in [-0.2, -0.15) is 5.10 Å². The Bertz CT molecular complexity index is 888. The first-order valence-corrected chi connectivity index (χ1v) is 8.10. The van der Waals surface area contributed by atoms with Crippen molar-refractivity contribution in [3.05, 3.63) is 89.5 Å².